The lowest BCUT2D eigenvalue weighted by Crippen LogP contribution is -2.47. The van der Waals surface area contributed by atoms with Crippen LogP contribution in [0.4, 0.5) is 22.0 Å². The summed E-state index contributed by atoms with van der Waals surface area (Å²) in [6, 6.07) is 3.71. The maximum Gasteiger partial charge on any atom is 0.490 e. The molecule has 0 unspecified atom stereocenters. The molecule has 31 heavy (non-hydrogen) atoms. The molecule has 2 atom stereocenters. The van der Waals surface area contributed by atoms with E-state index in [9.17, 15) is 26.7 Å². The fourth-order valence-corrected chi connectivity index (χ4v) is 4.57. The number of nitrogens with zero attached hydrogens (tertiary/aromatic N) is 2. The zero-order valence-electron chi connectivity index (χ0n) is 16.6. The highest BCUT2D eigenvalue weighted by atomic mass is 19.4. The molecule has 0 bridgehead atoms. The first-order valence-corrected chi connectivity index (χ1v) is 9.91. The van der Waals surface area contributed by atoms with E-state index in [0.717, 1.165) is 25.0 Å². The van der Waals surface area contributed by atoms with Crippen LogP contribution in [-0.2, 0) is 9.59 Å². The van der Waals surface area contributed by atoms with E-state index < -0.39 is 24.0 Å². The molecule has 2 saturated carbocycles. The highest BCUT2D eigenvalue weighted by molar-refractivity contribution is 5.80. The fourth-order valence-electron chi connectivity index (χ4n) is 4.57. The molecule has 1 amide bonds. The van der Waals surface area contributed by atoms with E-state index in [4.69, 9.17) is 14.6 Å². The second kappa shape index (κ2) is 8.58. The average Bonchev–Trinajstić information content (AvgIpc) is 3.22. The van der Waals surface area contributed by atoms with Crippen molar-refractivity contribution in [1.82, 2.24) is 9.88 Å². The Morgan fingerprint density at radius 2 is 1.97 bits per heavy atom. The number of fused-ring (bicyclic) bond motifs is 1. The van der Waals surface area contributed by atoms with E-state index in [1.807, 2.05) is 17.0 Å². The van der Waals surface area contributed by atoms with Gasteiger partial charge in [0, 0.05) is 43.5 Å². The molecule has 172 valence electrons. The van der Waals surface area contributed by atoms with Gasteiger partial charge in [-0.15, -0.1) is 0 Å². The summed E-state index contributed by atoms with van der Waals surface area (Å²) in [7, 11) is 0. The van der Waals surface area contributed by atoms with Crippen LogP contribution in [-0.4, -0.2) is 58.7 Å². The lowest BCUT2D eigenvalue weighted by Gasteiger charge is -2.36. The minimum atomic E-state index is -5.08. The minimum Gasteiger partial charge on any atom is -0.491 e. The van der Waals surface area contributed by atoms with Gasteiger partial charge in [0.1, 0.15) is 5.75 Å². The molecule has 1 aliphatic heterocycles. The number of carbonyl (C=O) groups is 2. The van der Waals surface area contributed by atoms with Gasteiger partial charge in [-0.3, -0.25) is 9.78 Å². The second-order valence-electron chi connectivity index (χ2n) is 8.41. The highest BCUT2D eigenvalue weighted by Gasteiger charge is 2.55. The number of amides is 1. The van der Waals surface area contributed by atoms with Gasteiger partial charge >= 0.3 is 12.1 Å². The number of halogens is 5. The van der Waals surface area contributed by atoms with Gasteiger partial charge in [-0.05, 0) is 30.9 Å². The Balaban J connectivity index is 0.000000339. The topological polar surface area (TPSA) is 79.7 Å². The number of hydrogen-bond acceptors (Lipinski definition) is 4. The van der Waals surface area contributed by atoms with E-state index in [1.165, 1.54) is 0 Å². The van der Waals surface area contributed by atoms with E-state index in [1.54, 1.807) is 12.4 Å². The summed E-state index contributed by atoms with van der Waals surface area (Å²) in [6.07, 6.45) is 0.995. The standard InChI is InChI=1S/C18H22F2N2O2.C2HF3O2/c19-18(20)7-13(8-18)16(23)22-10-14-3-1-5-17(14,11-22)12-24-15-4-2-6-21-9-15;3-2(4,5)1(6)7/h2,4,6,9,13-14H,1,3,5,7-8,10-12H2;(H,6,7)/t14-,17+;/m1./s1. The summed E-state index contributed by atoms with van der Waals surface area (Å²) >= 11 is 0. The van der Waals surface area contributed by atoms with Crippen LogP contribution >= 0.6 is 0 Å². The maximum atomic E-state index is 13.1. The quantitative estimate of drug-likeness (QED) is 0.707. The summed E-state index contributed by atoms with van der Waals surface area (Å²) in [4.78, 5) is 27.3. The van der Waals surface area contributed by atoms with Crippen LogP contribution in [0.5, 0.6) is 5.75 Å². The number of alkyl halides is 5. The van der Waals surface area contributed by atoms with Crippen LogP contribution in [0, 0.1) is 17.3 Å². The van der Waals surface area contributed by atoms with E-state index in [0.29, 0.717) is 25.6 Å². The molecule has 1 N–H and O–H groups in total. The number of hydrogen-bond donors (Lipinski definition) is 1. The third-order valence-corrected chi connectivity index (χ3v) is 6.19. The van der Waals surface area contributed by atoms with Gasteiger partial charge in [0.05, 0.1) is 12.8 Å². The van der Waals surface area contributed by atoms with Crippen molar-refractivity contribution >= 4 is 11.9 Å². The Morgan fingerprint density at radius 1 is 1.29 bits per heavy atom. The number of pyridine rings is 1. The molecule has 2 heterocycles. The van der Waals surface area contributed by atoms with Crippen molar-refractivity contribution in [1.29, 1.82) is 0 Å². The molecule has 0 radical (unpaired) electrons. The smallest absolute Gasteiger partial charge is 0.490 e. The lowest BCUT2D eigenvalue weighted by molar-refractivity contribution is -0.192. The van der Waals surface area contributed by atoms with Gasteiger partial charge in [-0.25, -0.2) is 13.6 Å². The second-order valence-corrected chi connectivity index (χ2v) is 8.41. The van der Waals surface area contributed by atoms with Gasteiger partial charge in [-0.1, -0.05) is 6.42 Å². The van der Waals surface area contributed by atoms with Crippen LogP contribution in [0.2, 0.25) is 0 Å². The van der Waals surface area contributed by atoms with E-state index >= 15 is 0 Å². The van der Waals surface area contributed by atoms with Crippen molar-refractivity contribution in [2.24, 2.45) is 17.3 Å². The number of carbonyl (C=O) groups excluding carboxylic acids is 1. The van der Waals surface area contributed by atoms with Gasteiger partial charge in [0.25, 0.3) is 0 Å². The molecule has 1 saturated heterocycles. The van der Waals surface area contributed by atoms with Crippen LogP contribution in [0.3, 0.4) is 0 Å². The monoisotopic (exact) mass is 450 g/mol. The van der Waals surface area contributed by atoms with Crippen molar-refractivity contribution in [3.05, 3.63) is 24.5 Å². The van der Waals surface area contributed by atoms with Gasteiger partial charge in [-0.2, -0.15) is 13.2 Å². The van der Waals surface area contributed by atoms with Crippen molar-refractivity contribution in [2.45, 2.75) is 44.2 Å². The molecule has 6 nitrogen and oxygen atoms in total. The molecule has 2 aliphatic carbocycles. The molecule has 4 rings (SSSR count). The normalized spacial score (nSPS) is 27.0. The molecule has 0 spiro atoms. The zero-order chi connectivity index (χ0) is 22.9. The number of carboxylic acid groups (broad SMARTS) is 1. The van der Waals surface area contributed by atoms with Gasteiger partial charge in [0.15, 0.2) is 0 Å². The van der Waals surface area contributed by atoms with Crippen LogP contribution in [0.25, 0.3) is 0 Å². The Bertz CT molecular complexity index is 797. The summed E-state index contributed by atoms with van der Waals surface area (Å²) in [5.41, 5.74) is -0.0300. The fraction of sp³-hybridized carbons (Fsp3) is 0.650. The Morgan fingerprint density at radius 3 is 2.52 bits per heavy atom. The van der Waals surface area contributed by atoms with Crippen LogP contribution < -0.4 is 4.74 Å². The molecular formula is C20H23F5N2O4. The molecule has 11 heteroatoms. The molecular weight excluding hydrogens is 427 g/mol. The number of carboxylic acids is 1. The molecule has 1 aromatic rings. The Labute approximate surface area is 175 Å². The largest absolute Gasteiger partial charge is 0.491 e. The van der Waals surface area contributed by atoms with Gasteiger partial charge in [0.2, 0.25) is 11.8 Å². The first-order chi connectivity index (χ1) is 14.4. The maximum absolute atomic E-state index is 13.1. The zero-order valence-corrected chi connectivity index (χ0v) is 16.6. The number of rotatable bonds is 4. The van der Waals surface area contributed by atoms with Gasteiger partial charge < -0.3 is 14.7 Å². The summed E-state index contributed by atoms with van der Waals surface area (Å²) in [5.74, 6) is -4.82. The van der Waals surface area contributed by atoms with E-state index in [-0.39, 0.29) is 24.2 Å². The number of likely N-dealkylation sites (tertiary alicyclic amines) is 1. The summed E-state index contributed by atoms with van der Waals surface area (Å²) < 4.78 is 63.8. The molecule has 1 aromatic heterocycles. The Hall–Kier alpha value is -2.46. The molecule has 3 fully saturated rings. The number of aliphatic carboxylic acids is 1. The predicted octanol–water partition coefficient (Wildman–Crippen LogP) is 3.77. The predicted molar refractivity (Wildman–Crippen MR) is 97.4 cm³/mol. The average molecular weight is 450 g/mol. The third-order valence-electron chi connectivity index (χ3n) is 6.19. The van der Waals surface area contributed by atoms with Crippen molar-refractivity contribution in [3.63, 3.8) is 0 Å². The Kier molecular flexibility index (Phi) is 6.43. The van der Waals surface area contributed by atoms with Crippen molar-refractivity contribution in [2.75, 3.05) is 19.7 Å². The first kappa shape index (κ1) is 23.2. The molecule has 0 aromatic carbocycles. The van der Waals surface area contributed by atoms with E-state index in [2.05, 4.69) is 4.98 Å². The minimum absolute atomic E-state index is 0.0300. The number of aromatic nitrogens is 1. The van der Waals surface area contributed by atoms with Crippen molar-refractivity contribution < 1.29 is 41.4 Å². The van der Waals surface area contributed by atoms with Crippen LogP contribution in [0.1, 0.15) is 32.1 Å². The molecule has 3 aliphatic rings. The third kappa shape index (κ3) is 5.43. The van der Waals surface area contributed by atoms with Crippen molar-refractivity contribution in [3.8, 4) is 5.75 Å². The van der Waals surface area contributed by atoms with Crippen LogP contribution in [0.15, 0.2) is 24.5 Å². The summed E-state index contributed by atoms with van der Waals surface area (Å²) in [6.45, 7) is 1.89. The SMILES string of the molecule is O=C(C1CC(F)(F)C1)N1C[C@H]2CCC[C@@]2(COc2cccnc2)C1.O=C(O)C(F)(F)F. The highest BCUT2D eigenvalue weighted by Crippen LogP contribution is 2.50. The first-order valence-electron chi connectivity index (χ1n) is 9.91. The lowest BCUT2D eigenvalue weighted by atomic mass is 9.80. The summed E-state index contributed by atoms with van der Waals surface area (Å²) in [5, 5.41) is 7.12. The number of ether oxygens (including phenoxy) is 1.